The Bertz CT molecular complexity index is 1080. The first-order valence-corrected chi connectivity index (χ1v) is 7.78. The van der Waals surface area contributed by atoms with Gasteiger partial charge in [-0.1, -0.05) is 6.07 Å². The van der Waals surface area contributed by atoms with Crippen molar-refractivity contribution < 1.29 is 17.6 Å². The highest BCUT2D eigenvalue weighted by molar-refractivity contribution is 6.13. The Hall–Kier alpha value is -2.90. The molecule has 2 heterocycles. The zero-order valence-corrected chi connectivity index (χ0v) is 13.8. The molecule has 4 nitrogen and oxygen atoms in total. The summed E-state index contributed by atoms with van der Waals surface area (Å²) in [6.45, 7) is 2.49. The fraction of sp³-hybridized carbons (Fsp3) is 0.222. The Morgan fingerprint density at radius 1 is 0.962 bits per heavy atom. The van der Waals surface area contributed by atoms with Crippen LogP contribution in [-0.4, -0.2) is 26.4 Å². The van der Waals surface area contributed by atoms with Crippen LogP contribution >= 0.6 is 0 Å². The van der Waals surface area contributed by atoms with E-state index in [1.54, 1.807) is 0 Å². The van der Waals surface area contributed by atoms with E-state index in [2.05, 4.69) is 20.2 Å². The molecule has 2 aromatic carbocycles. The van der Waals surface area contributed by atoms with Crippen LogP contribution in [0.5, 0.6) is 0 Å². The van der Waals surface area contributed by atoms with Gasteiger partial charge in [-0.3, -0.25) is 4.99 Å². The van der Waals surface area contributed by atoms with Crippen molar-refractivity contribution >= 4 is 16.7 Å². The second-order valence-electron chi connectivity index (χ2n) is 6.53. The first-order chi connectivity index (χ1) is 12.2. The van der Waals surface area contributed by atoms with Crippen molar-refractivity contribution in [3.63, 3.8) is 0 Å². The number of rotatable bonds is 1. The number of hydrogen-bond acceptors (Lipinski definition) is 4. The molecule has 8 heteroatoms. The van der Waals surface area contributed by atoms with Crippen LogP contribution in [0, 0.1) is 11.6 Å². The SMILES string of the molecule is CC1(C)N=C(c2nnc3c(F)cccc3n2)c2ccc(F)cc2C1(F)F. The van der Waals surface area contributed by atoms with E-state index < -0.39 is 28.7 Å². The number of hydrogen-bond donors (Lipinski definition) is 0. The Kier molecular flexibility index (Phi) is 3.37. The van der Waals surface area contributed by atoms with Gasteiger partial charge in [0.1, 0.15) is 22.6 Å². The van der Waals surface area contributed by atoms with Gasteiger partial charge < -0.3 is 0 Å². The van der Waals surface area contributed by atoms with Gasteiger partial charge in [0.05, 0.1) is 5.52 Å². The quantitative estimate of drug-likeness (QED) is 0.616. The van der Waals surface area contributed by atoms with E-state index in [-0.39, 0.29) is 28.1 Å². The third-order valence-electron chi connectivity index (χ3n) is 4.38. The maximum Gasteiger partial charge on any atom is 0.298 e. The topological polar surface area (TPSA) is 51.0 Å². The van der Waals surface area contributed by atoms with Crippen molar-refractivity contribution in [2.75, 3.05) is 0 Å². The Morgan fingerprint density at radius 3 is 2.50 bits per heavy atom. The van der Waals surface area contributed by atoms with Crippen molar-refractivity contribution in [1.82, 2.24) is 15.2 Å². The van der Waals surface area contributed by atoms with Gasteiger partial charge in [-0.05, 0) is 44.2 Å². The number of alkyl halides is 2. The molecule has 0 amide bonds. The Balaban J connectivity index is 1.98. The van der Waals surface area contributed by atoms with Crippen LogP contribution in [-0.2, 0) is 5.92 Å². The molecule has 0 atom stereocenters. The maximum atomic E-state index is 14.8. The molecular formula is C18H12F4N4. The van der Waals surface area contributed by atoms with E-state index in [0.717, 1.165) is 12.1 Å². The molecule has 0 aliphatic carbocycles. The molecule has 132 valence electrons. The molecule has 0 fully saturated rings. The minimum atomic E-state index is -3.38. The molecular weight excluding hydrogens is 348 g/mol. The van der Waals surface area contributed by atoms with Gasteiger partial charge in [0, 0.05) is 11.1 Å². The first-order valence-electron chi connectivity index (χ1n) is 7.78. The van der Waals surface area contributed by atoms with E-state index in [9.17, 15) is 17.6 Å². The van der Waals surface area contributed by atoms with Crippen molar-refractivity contribution in [2.24, 2.45) is 4.99 Å². The van der Waals surface area contributed by atoms with Crippen molar-refractivity contribution in [2.45, 2.75) is 25.3 Å². The van der Waals surface area contributed by atoms with Gasteiger partial charge >= 0.3 is 0 Å². The fourth-order valence-electron chi connectivity index (χ4n) is 2.92. The standard InChI is InChI=1S/C18H12F4N4/c1-17(2)18(21,22)11-8-9(19)6-7-10(11)14(24-17)16-23-13-5-3-4-12(20)15(13)25-26-16/h3-8H,1-2H3. The van der Waals surface area contributed by atoms with E-state index in [0.29, 0.717) is 0 Å². The van der Waals surface area contributed by atoms with Crippen LogP contribution in [0.1, 0.15) is 30.8 Å². The lowest BCUT2D eigenvalue weighted by Crippen LogP contribution is -2.44. The predicted molar refractivity (Wildman–Crippen MR) is 87.3 cm³/mol. The van der Waals surface area contributed by atoms with Crippen molar-refractivity contribution in [1.29, 1.82) is 0 Å². The average Bonchev–Trinajstić information content (AvgIpc) is 2.59. The van der Waals surface area contributed by atoms with Crippen LogP contribution < -0.4 is 0 Å². The molecule has 1 aliphatic rings. The van der Waals surface area contributed by atoms with Crippen LogP contribution in [0.25, 0.3) is 11.0 Å². The summed E-state index contributed by atoms with van der Waals surface area (Å²) in [4.78, 5) is 8.33. The van der Waals surface area contributed by atoms with Crippen LogP contribution in [0.2, 0.25) is 0 Å². The third kappa shape index (κ3) is 2.28. The lowest BCUT2D eigenvalue weighted by atomic mass is 9.83. The molecule has 0 unspecified atom stereocenters. The highest BCUT2D eigenvalue weighted by Gasteiger charge is 2.53. The number of halogens is 4. The number of fused-ring (bicyclic) bond motifs is 2. The van der Waals surface area contributed by atoms with E-state index in [1.165, 1.54) is 38.1 Å². The summed E-state index contributed by atoms with van der Waals surface area (Å²) >= 11 is 0. The lowest BCUT2D eigenvalue weighted by molar-refractivity contribution is -0.0684. The lowest BCUT2D eigenvalue weighted by Gasteiger charge is -2.36. The normalized spacial score (nSPS) is 17.7. The fourth-order valence-corrected chi connectivity index (χ4v) is 2.92. The van der Waals surface area contributed by atoms with Crippen LogP contribution in [0.3, 0.4) is 0 Å². The first kappa shape index (κ1) is 16.6. The Morgan fingerprint density at radius 2 is 1.73 bits per heavy atom. The summed E-state index contributed by atoms with van der Waals surface area (Å²) in [6.07, 6.45) is 0. The molecule has 0 N–H and O–H groups in total. The van der Waals surface area contributed by atoms with Gasteiger partial charge in [-0.15, -0.1) is 10.2 Å². The summed E-state index contributed by atoms with van der Waals surface area (Å²) in [7, 11) is 0. The van der Waals surface area contributed by atoms with Crippen LogP contribution in [0.4, 0.5) is 17.6 Å². The molecule has 1 aromatic heterocycles. The van der Waals surface area contributed by atoms with E-state index in [1.807, 2.05) is 0 Å². The molecule has 0 radical (unpaired) electrons. The van der Waals surface area contributed by atoms with Gasteiger partial charge in [0.15, 0.2) is 5.82 Å². The number of benzene rings is 2. The summed E-state index contributed by atoms with van der Waals surface area (Å²) in [5, 5.41) is 7.66. The third-order valence-corrected chi connectivity index (χ3v) is 4.38. The molecule has 3 aromatic rings. The second kappa shape index (κ2) is 5.30. The van der Waals surface area contributed by atoms with E-state index in [4.69, 9.17) is 0 Å². The monoisotopic (exact) mass is 360 g/mol. The summed E-state index contributed by atoms with van der Waals surface area (Å²) in [5.41, 5.74) is -2.06. The highest BCUT2D eigenvalue weighted by atomic mass is 19.3. The molecule has 1 aliphatic heterocycles. The van der Waals surface area contributed by atoms with Crippen LogP contribution in [0.15, 0.2) is 41.4 Å². The molecule has 0 saturated heterocycles. The predicted octanol–water partition coefficient (Wildman–Crippen LogP) is 4.02. The second-order valence-corrected chi connectivity index (χ2v) is 6.53. The Labute approximate surface area is 145 Å². The molecule has 0 bridgehead atoms. The maximum absolute atomic E-state index is 14.8. The van der Waals surface area contributed by atoms with Gasteiger partial charge in [-0.2, -0.15) is 8.78 Å². The molecule has 26 heavy (non-hydrogen) atoms. The largest absolute Gasteiger partial charge is 0.298 e. The number of nitrogens with zero attached hydrogens (tertiary/aromatic N) is 4. The van der Waals surface area contributed by atoms with Crippen molar-refractivity contribution in [3.05, 3.63) is 65.0 Å². The van der Waals surface area contributed by atoms with Gasteiger partial charge in [0.25, 0.3) is 5.92 Å². The molecule has 0 saturated carbocycles. The minimum absolute atomic E-state index is 0.0216. The number of aliphatic imine (C=N–C) groups is 1. The minimum Gasteiger partial charge on any atom is -0.268 e. The summed E-state index contributed by atoms with van der Waals surface area (Å²) in [5.74, 6) is -4.78. The zero-order chi connectivity index (χ0) is 18.7. The highest BCUT2D eigenvalue weighted by Crippen LogP contribution is 2.46. The van der Waals surface area contributed by atoms with Gasteiger partial charge in [0.2, 0.25) is 5.82 Å². The average molecular weight is 360 g/mol. The van der Waals surface area contributed by atoms with Gasteiger partial charge in [-0.25, -0.2) is 13.8 Å². The zero-order valence-electron chi connectivity index (χ0n) is 13.8. The summed E-state index contributed by atoms with van der Waals surface area (Å²) in [6, 6.07) is 7.28. The smallest absolute Gasteiger partial charge is 0.268 e. The number of aromatic nitrogens is 3. The summed E-state index contributed by atoms with van der Waals surface area (Å²) < 4.78 is 56.9. The molecule has 4 rings (SSSR count). The van der Waals surface area contributed by atoms with E-state index >= 15 is 0 Å². The molecule has 0 spiro atoms. The van der Waals surface area contributed by atoms with Crippen molar-refractivity contribution in [3.8, 4) is 0 Å².